The Morgan fingerprint density at radius 1 is 1.62 bits per heavy atom. The monoisotopic (exact) mass is 111 g/mol. The Kier molecular flexibility index (Phi) is 3.48. The van der Waals surface area contributed by atoms with E-state index in [9.17, 15) is 0 Å². The maximum atomic E-state index is 3.56. The Morgan fingerprint density at radius 3 is 2.38 bits per heavy atom. The molecule has 0 aliphatic rings. The fourth-order valence-electron chi connectivity index (χ4n) is 0.271. The van der Waals surface area contributed by atoms with Crippen molar-refractivity contribution in [1.29, 1.82) is 0 Å². The zero-order valence-electron chi connectivity index (χ0n) is 4.89. The van der Waals surface area contributed by atoms with Crippen molar-refractivity contribution in [3.63, 3.8) is 0 Å². The first kappa shape index (κ1) is 6.88. The van der Waals surface area contributed by atoms with Gasteiger partial charge in [-0.2, -0.15) is 0 Å². The van der Waals surface area contributed by atoms with Crippen LogP contribution in [0.4, 0.5) is 0 Å². The highest BCUT2D eigenvalue weighted by molar-refractivity contribution is 5.30. The molecule has 0 saturated heterocycles. The van der Waals surface area contributed by atoms with Gasteiger partial charge >= 0.3 is 0 Å². The molecule has 0 aliphatic carbocycles. The molecule has 0 heterocycles. The van der Waals surface area contributed by atoms with Crippen molar-refractivity contribution in [2.24, 2.45) is 9.98 Å². The molecule has 3 nitrogen and oxygen atoms in total. The number of nitrogens with one attached hydrogen (secondary N) is 1. The summed E-state index contributed by atoms with van der Waals surface area (Å²) >= 11 is 0. The van der Waals surface area contributed by atoms with Gasteiger partial charge in [0.15, 0.2) is 0 Å². The summed E-state index contributed by atoms with van der Waals surface area (Å²) < 4.78 is 0. The molecule has 8 heavy (non-hydrogen) atoms. The second-order valence-corrected chi connectivity index (χ2v) is 1.11. The molecule has 0 radical (unpaired) electrons. The standard InChI is InChI=1S/C5H9N3/c1-6-4-5(7-2)8-3/h4,8H,1-2H2,3H3/b5-4+. The molecular weight excluding hydrogens is 102 g/mol. The molecule has 0 bridgehead atoms. The summed E-state index contributed by atoms with van der Waals surface area (Å²) in [6.45, 7) is 6.52. The lowest BCUT2D eigenvalue weighted by Crippen LogP contribution is -2.01. The van der Waals surface area contributed by atoms with E-state index in [2.05, 4.69) is 28.7 Å². The predicted octanol–water partition coefficient (Wildman–Crippen LogP) is 0.406. The summed E-state index contributed by atoms with van der Waals surface area (Å²) in [6.07, 6.45) is 1.49. The average Bonchev–Trinajstić information content (AvgIpc) is 1.83. The molecule has 0 atom stereocenters. The van der Waals surface area contributed by atoms with E-state index in [1.54, 1.807) is 7.05 Å². The molecular formula is C5H9N3. The van der Waals surface area contributed by atoms with Crippen LogP contribution in [0.15, 0.2) is 22.0 Å². The number of aliphatic imine (C=N–C) groups is 2. The first-order valence-corrected chi connectivity index (χ1v) is 2.15. The lowest BCUT2D eigenvalue weighted by molar-refractivity contribution is 0.962. The summed E-state index contributed by atoms with van der Waals surface area (Å²) in [5.41, 5.74) is 0. The third-order valence-electron chi connectivity index (χ3n) is 0.640. The van der Waals surface area contributed by atoms with Gasteiger partial charge < -0.3 is 5.32 Å². The Morgan fingerprint density at radius 2 is 2.25 bits per heavy atom. The quantitative estimate of drug-likeness (QED) is 0.526. The van der Waals surface area contributed by atoms with Gasteiger partial charge in [-0.1, -0.05) is 0 Å². The second kappa shape index (κ2) is 4.05. The van der Waals surface area contributed by atoms with Crippen LogP contribution in [0, 0.1) is 0 Å². The van der Waals surface area contributed by atoms with E-state index in [1.165, 1.54) is 6.20 Å². The number of hydrogen-bond acceptors (Lipinski definition) is 3. The topological polar surface area (TPSA) is 36.8 Å². The van der Waals surface area contributed by atoms with E-state index < -0.39 is 0 Å². The maximum Gasteiger partial charge on any atom is 0.143 e. The van der Waals surface area contributed by atoms with Crippen molar-refractivity contribution >= 4 is 13.4 Å². The summed E-state index contributed by atoms with van der Waals surface area (Å²) in [6, 6.07) is 0. The minimum absolute atomic E-state index is 0.625. The Balaban J connectivity index is 3.84. The summed E-state index contributed by atoms with van der Waals surface area (Å²) in [5, 5.41) is 2.75. The molecule has 0 aromatic rings. The van der Waals surface area contributed by atoms with Crippen molar-refractivity contribution in [2.75, 3.05) is 7.05 Å². The normalized spacial score (nSPS) is 10.4. The summed E-state index contributed by atoms with van der Waals surface area (Å²) in [7, 11) is 1.74. The van der Waals surface area contributed by atoms with Gasteiger partial charge in [-0.25, -0.2) is 4.99 Å². The van der Waals surface area contributed by atoms with E-state index in [-0.39, 0.29) is 0 Å². The largest absolute Gasteiger partial charge is 0.372 e. The maximum absolute atomic E-state index is 3.56. The van der Waals surface area contributed by atoms with Crippen LogP contribution >= 0.6 is 0 Å². The molecule has 0 fully saturated rings. The fraction of sp³-hybridized carbons (Fsp3) is 0.200. The molecule has 0 aromatic carbocycles. The van der Waals surface area contributed by atoms with Gasteiger partial charge in [-0.05, 0) is 13.4 Å². The van der Waals surface area contributed by atoms with Crippen LogP contribution in [0.2, 0.25) is 0 Å². The molecule has 0 saturated carbocycles. The highest BCUT2D eigenvalue weighted by atomic mass is 15.0. The van der Waals surface area contributed by atoms with Crippen molar-refractivity contribution in [1.82, 2.24) is 5.32 Å². The fourth-order valence-corrected chi connectivity index (χ4v) is 0.271. The molecule has 44 valence electrons. The van der Waals surface area contributed by atoms with Crippen LogP contribution in [0.25, 0.3) is 0 Å². The molecule has 3 heteroatoms. The number of nitrogens with zero attached hydrogens (tertiary/aromatic N) is 2. The van der Waals surface area contributed by atoms with Crippen LogP contribution in [-0.4, -0.2) is 20.5 Å². The van der Waals surface area contributed by atoms with Crippen LogP contribution in [0.5, 0.6) is 0 Å². The zero-order valence-corrected chi connectivity index (χ0v) is 4.89. The van der Waals surface area contributed by atoms with Crippen molar-refractivity contribution in [2.45, 2.75) is 0 Å². The third kappa shape index (κ3) is 2.12. The van der Waals surface area contributed by atoms with Crippen LogP contribution in [0.1, 0.15) is 0 Å². The van der Waals surface area contributed by atoms with Gasteiger partial charge in [0.25, 0.3) is 0 Å². The highest BCUT2D eigenvalue weighted by Gasteiger charge is 1.78. The van der Waals surface area contributed by atoms with Gasteiger partial charge in [-0.3, -0.25) is 4.99 Å². The minimum atomic E-state index is 0.625. The second-order valence-electron chi connectivity index (χ2n) is 1.11. The van der Waals surface area contributed by atoms with E-state index in [4.69, 9.17) is 0 Å². The van der Waals surface area contributed by atoms with Crippen LogP contribution in [-0.2, 0) is 0 Å². The summed E-state index contributed by atoms with van der Waals surface area (Å²) in [5.74, 6) is 0.625. The smallest absolute Gasteiger partial charge is 0.143 e. The third-order valence-corrected chi connectivity index (χ3v) is 0.640. The van der Waals surface area contributed by atoms with E-state index in [0.717, 1.165) is 0 Å². The SMILES string of the molecule is C=N/C=C(\N=C)NC. The Hall–Kier alpha value is -1.12. The first-order chi connectivity index (χ1) is 3.85. The zero-order chi connectivity index (χ0) is 6.41. The molecule has 0 amide bonds. The molecule has 0 aliphatic heterocycles. The molecule has 1 N–H and O–H groups in total. The van der Waals surface area contributed by atoms with Gasteiger partial charge in [0.1, 0.15) is 5.82 Å². The average molecular weight is 111 g/mol. The highest BCUT2D eigenvalue weighted by Crippen LogP contribution is 1.85. The lowest BCUT2D eigenvalue weighted by Gasteiger charge is -1.92. The predicted molar refractivity (Wildman–Crippen MR) is 36.2 cm³/mol. The van der Waals surface area contributed by atoms with Crippen molar-refractivity contribution in [3.8, 4) is 0 Å². The van der Waals surface area contributed by atoms with Gasteiger partial charge in [-0.15, -0.1) is 0 Å². The Bertz CT molecular complexity index is 115. The van der Waals surface area contributed by atoms with Gasteiger partial charge in [0.05, 0.1) is 6.20 Å². The number of hydrogen-bond donors (Lipinski definition) is 1. The van der Waals surface area contributed by atoms with Crippen molar-refractivity contribution in [3.05, 3.63) is 12.0 Å². The minimum Gasteiger partial charge on any atom is -0.372 e. The first-order valence-electron chi connectivity index (χ1n) is 2.15. The summed E-state index contributed by atoms with van der Waals surface area (Å²) in [4.78, 5) is 7.03. The van der Waals surface area contributed by atoms with Crippen molar-refractivity contribution < 1.29 is 0 Å². The van der Waals surface area contributed by atoms with Gasteiger partial charge in [0, 0.05) is 7.05 Å². The molecule has 0 unspecified atom stereocenters. The van der Waals surface area contributed by atoms with Crippen LogP contribution in [0.3, 0.4) is 0 Å². The molecule has 0 aromatic heterocycles. The van der Waals surface area contributed by atoms with Gasteiger partial charge in [0.2, 0.25) is 0 Å². The van der Waals surface area contributed by atoms with E-state index in [0.29, 0.717) is 5.82 Å². The Labute approximate surface area is 48.8 Å². The van der Waals surface area contributed by atoms with E-state index >= 15 is 0 Å². The van der Waals surface area contributed by atoms with E-state index in [1.807, 2.05) is 0 Å². The lowest BCUT2D eigenvalue weighted by atomic mass is 10.7. The molecule has 0 spiro atoms. The number of rotatable bonds is 3. The molecule has 0 rings (SSSR count). The van der Waals surface area contributed by atoms with Crippen LogP contribution < -0.4 is 5.32 Å².